The van der Waals surface area contributed by atoms with E-state index in [-0.39, 0.29) is 15.6 Å². The van der Waals surface area contributed by atoms with Gasteiger partial charge >= 0.3 is 13.3 Å². The Morgan fingerprint density at radius 3 is 2.18 bits per heavy atom. The molecule has 22 heavy (non-hydrogen) atoms. The summed E-state index contributed by atoms with van der Waals surface area (Å²) in [6.07, 6.45) is 2.92. The molecular formula is C17H16Cl2O2P+. The maximum Gasteiger partial charge on any atom is 0.420 e. The molecule has 0 saturated carbocycles. The van der Waals surface area contributed by atoms with Crippen LogP contribution in [-0.4, -0.2) is 11.7 Å². The summed E-state index contributed by atoms with van der Waals surface area (Å²) < 4.78 is 12.1. The molecule has 0 aliphatic rings. The van der Waals surface area contributed by atoms with Crippen molar-refractivity contribution in [3.05, 3.63) is 69.7 Å². The van der Waals surface area contributed by atoms with Gasteiger partial charge in [-0.25, -0.2) is 4.79 Å². The van der Waals surface area contributed by atoms with Crippen LogP contribution in [0.15, 0.2) is 48.5 Å². The van der Waals surface area contributed by atoms with Gasteiger partial charge in [0.2, 0.25) is 0 Å². The van der Waals surface area contributed by atoms with Crippen molar-refractivity contribution in [1.82, 2.24) is 0 Å². The molecule has 0 aromatic heterocycles. The maximum atomic E-state index is 12.2. The van der Waals surface area contributed by atoms with E-state index >= 15 is 0 Å². The molecule has 0 radical (unpaired) electrons. The number of carbonyl (C=O) groups excluding carboxylic acids is 1. The van der Waals surface area contributed by atoms with Crippen LogP contribution < -0.4 is 0 Å². The third-order valence-corrected chi connectivity index (χ3v) is 5.35. The van der Waals surface area contributed by atoms with Gasteiger partial charge in [0.15, 0.2) is 6.16 Å². The summed E-state index contributed by atoms with van der Waals surface area (Å²) in [4.78, 5) is 12.2. The quantitative estimate of drug-likeness (QED) is 0.452. The van der Waals surface area contributed by atoms with Crippen LogP contribution >= 0.6 is 31.0 Å². The average molecular weight is 354 g/mol. The van der Waals surface area contributed by atoms with E-state index in [0.717, 1.165) is 19.3 Å². The molecule has 0 aliphatic carbocycles. The number of hydrogen-bond acceptors (Lipinski definition) is 2. The molecule has 0 N–H and O–H groups in total. The van der Waals surface area contributed by atoms with Crippen LogP contribution in [0.1, 0.15) is 28.8 Å². The molecule has 2 aromatic rings. The predicted octanol–water partition coefficient (Wildman–Crippen LogP) is 5.98. The van der Waals surface area contributed by atoms with Crippen LogP contribution in [-0.2, 0) is 11.0 Å². The Bertz CT molecular complexity index is 651. The second-order valence-electron chi connectivity index (χ2n) is 4.95. The zero-order valence-corrected chi connectivity index (χ0v) is 14.4. The van der Waals surface area contributed by atoms with Crippen LogP contribution in [0.2, 0.25) is 10.0 Å². The smallest absolute Gasteiger partial charge is 0.234 e. The van der Waals surface area contributed by atoms with Crippen LogP contribution in [0.25, 0.3) is 0 Å². The summed E-state index contributed by atoms with van der Waals surface area (Å²) in [5.41, 5.74) is 0.971. The molecule has 114 valence electrons. The number of hydrogen-bond donors (Lipinski definition) is 0. The second kappa shape index (κ2) is 8.43. The summed E-state index contributed by atoms with van der Waals surface area (Å²) in [5.74, 6) is 0. The number of carbonyl (C=O) groups is 1. The molecule has 1 unspecified atom stereocenters. The van der Waals surface area contributed by atoms with Crippen LogP contribution in [0.4, 0.5) is 0 Å². The molecule has 0 saturated heterocycles. The first-order valence-corrected chi connectivity index (χ1v) is 9.26. The number of halogens is 2. The van der Waals surface area contributed by atoms with Gasteiger partial charge in [-0.15, -0.1) is 0 Å². The lowest BCUT2D eigenvalue weighted by atomic mass is 10.1. The van der Waals surface area contributed by atoms with Gasteiger partial charge in [-0.2, -0.15) is 0 Å². The molecule has 5 heteroatoms. The highest BCUT2D eigenvalue weighted by Gasteiger charge is 2.32. The zero-order valence-electron chi connectivity index (χ0n) is 12.0. The lowest BCUT2D eigenvalue weighted by Gasteiger charge is -2.00. The summed E-state index contributed by atoms with van der Waals surface area (Å²) in [6, 6.07) is 14.9. The van der Waals surface area contributed by atoms with Crippen molar-refractivity contribution in [2.45, 2.75) is 19.3 Å². The number of rotatable bonds is 7. The van der Waals surface area contributed by atoms with Gasteiger partial charge in [0, 0.05) is 0 Å². The van der Waals surface area contributed by atoms with E-state index in [1.54, 1.807) is 18.2 Å². The van der Waals surface area contributed by atoms with Gasteiger partial charge < -0.3 is 0 Å². The molecule has 2 nitrogen and oxygen atoms in total. The Kier molecular flexibility index (Phi) is 6.57. The molecule has 0 bridgehead atoms. The highest BCUT2D eigenvalue weighted by molar-refractivity contribution is 7.64. The molecular weight excluding hydrogens is 338 g/mol. The van der Waals surface area contributed by atoms with Gasteiger partial charge in [0.05, 0.1) is 10.0 Å². The molecule has 2 rings (SSSR count). The van der Waals surface area contributed by atoms with E-state index in [9.17, 15) is 9.36 Å². The number of aryl methyl sites for hydroxylation is 1. The molecule has 1 atom stereocenters. The van der Waals surface area contributed by atoms with E-state index in [1.165, 1.54) is 5.56 Å². The van der Waals surface area contributed by atoms with E-state index in [4.69, 9.17) is 23.2 Å². The fourth-order valence-electron chi connectivity index (χ4n) is 2.16. The van der Waals surface area contributed by atoms with Crippen molar-refractivity contribution in [2.24, 2.45) is 0 Å². The summed E-state index contributed by atoms with van der Waals surface area (Å²) in [5, 5.41) is 0.510. The Labute approximate surface area is 141 Å². The highest BCUT2D eigenvalue weighted by Crippen LogP contribution is 2.35. The number of benzene rings is 2. The van der Waals surface area contributed by atoms with Crippen LogP contribution in [0.5, 0.6) is 0 Å². The first-order chi connectivity index (χ1) is 10.6. The minimum Gasteiger partial charge on any atom is -0.234 e. The summed E-state index contributed by atoms with van der Waals surface area (Å²) in [7, 11) is -1.99. The first-order valence-electron chi connectivity index (χ1n) is 7.06. The molecule has 0 spiro atoms. The van der Waals surface area contributed by atoms with Crippen LogP contribution in [0, 0.1) is 0 Å². The zero-order chi connectivity index (χ0) is 15.9. The molecule has 2 aromatic carbocycles. The highest BCUT2D eigenvalue weighted by atomic mass is 35.5. The monoisotopic (exact) mass is 353 g/mol. The molecule has 0 aliphatic heterocycles. The van der Waals surface area contributed by atoms with E-state index in [1.807, 2.05) is 18.2 Å². The van der Waals surface area contributed by atoms with Gasteiger partial charge in [-0.1, -0.05) is 64.2 Å². The minimum atomic E-state index is -1.99. The van der Waals surface area contributed by atoms with E-state index < -0.39 is 13.3 Å². The normalized spacial score (nSPS) is 11.3. The topological polar surface area (TPSA) is 34.1 Å². The lowest BCUT2D eigenvalue weighted by Crippen LogP contribution is -1.98. The predicted molar refractivity (Wildman–Crippen MR) is 92.6 cm³/mol. The van der Waals surface area contributed by atoms with Gasteiger partial charge in [0.1, 0.15) is 5.56 Å². The Morgan fingerprint density at radius 2 is 1.55 bits per heavy atom. The largest absolute Gasteiger partial charge is 0.420 e. The third kappa shape index (κ3) is 4.64. The van der Waals surface area contributed by atoms with Crippen molar-refractivity contribution in [3.8, 4) is 0 Å². The van der Waals surface area contributed by atoms with Crippen LogP contribution in [0.3, 0.4) is 0 Å². The standard InChI is InChI=1S/C17H16Cl2O2P/c18-14-10-6-11-15(19)16(14)17(20)22(21)12-5-4-9-13-7-2-1-3-8-13/h1-3,6-8,10-11H,4-5,9,12H2/q+1. The Morgan fingerprint density at radius 1 is 0.909 bits per heavy atom. The van der Waals surface area contributed by atoms with E-state index in [0.29, 0.717) is 6.16 Å². The van der Waals surface area contributed by atoms with Crippen molar-refractivity contribution >= 4 is 36.5 Å². The Hall–Kier alpha value is -1.21. The fourth-order valence-corrected chi connectivity index (χ4v) is 4.06. The first kappa shape index (κ1) is 17.1. The van der Waals surface area contributed by atoms with Gasteiger partial charge in [0.25, 0.3) is 0 Å². The van der Waals surface area contributed by atoms with Crippen molar-refractivity contribution in [3.63, 3.8) is 0 Å². The van der Waals surface area contributed by atoms with Gasteiger partial charge in [-0.3, -0.25) is 0 Å². The minimum absolute atomic E-state index is 0.176. The molecule has 0 amide bonds. The SMILES string of the molecule is O=C(c1c(Cl)cccc1Cl)[P+](=O)CCCCc1ccccc1. The fraction of sp³-hybridized carbons (Fsp3) is 0.235. The Balaban J connectivity index is 1.86. The second-order valence-corrected chi connectivity index (χ2v) is 7.37. The average Bonchev–Trinajstić information content (AvgIpc) is 2.52. The molecule has 0 fully saturated rings. The lowest BCUT2D eigenvalue weighted by molar-refractivity contribution is 0.107. The van der Waals surface area contributed by atoms with Gasteiger partial charge in [-0.05, 0) is 37.0 Å². The summed E-state index contributed by atoms with van der Waals surface area (Å²) >= 11 is 12.0. The van der Waals surface area contributed by atoms with Crippen molar-refractivity contribution in [1.29, 1.82) is 0 Å². The van der Waals surface area contributed by atoms with E-state index in [2.05, 4.69) is 12.1 Å². The summed E-state index contributed by atoms with van der Waals surface area (Å²) in [6.45, 7) is 0. The molecule has 0 heterocycles. The van der Waals surface area contributed by atoms with Crippen molar-refractivity contribution < 1.29 is 9.36 Å². The van der Waals surface area contributed by atoms with Crippen molar-refractivity contribution in [2.75, 3.05) is 6.16 Å². The maximum absolute atomic E-state index is 12.2. The number of unbranched alkanes of at least 4 members (excludes halogenated alkanes) is 1. The third-order valence-electron chi connectivity index (χ3n) is 3.32.